The van der Waals surface area contributed by atoms with Crippen LogP contribution in [-0.2, 0) is 4.79 Å². The molecule has 1 saturated carbocycles. The van der Waals surface area contributed by atoms with E-state index in [4.69, 9.17) is 0 Å². The molecule has 0 saturated heterocycles. The van der Waals surface area contributed by atoms with E-state index in [1.165, 1.54) is 0 Å². The number of carbonyl (C=O) groups is 2. The van der Waals surface area contributed by atoms with E-state index in [2.05, 4.69) is 0 Å². The van der Waals surface area contributed by atoms with Gasteiger partial charge in [-0.05, 0) is 18.8 Å². The molecular weight excluding hydrogens is 285 g/mol. The van der Waals surface area contributed by atoms with Gasteiger partial charge in [0.1, 0.15) is 17.5 Å². The Morgan fingerprint density at radius 1 is 1.14 bits per heavy atom. The lowest BCUT2D eigenvalue weighted by Gasteiger charge is -2.15. The monoisotopic (exact) mass is 300 g/mol. The molecule has 114 valence electrons. The van der Waals surface area contributed by atoms with Crippen LogP contribution in [0.3, 0.4) is 0 Å². The van der Waals surface area contributed by atoms with Crippen molar-refractivity contribution in [3.05, 3.63) is 35.1 Å². The molecule has 21 heavy (non-hydrogen) atoms. The van der Waals surface area contributed by atoms with Gasteiger partial charge in [-0.2, -0.15) is 0 Å². The van der Waals surface area contributed by atoms with E-state index < -0.39 is 46.6 Å². The quantitative estimate of drug-likeness (QED) is 0.867. The molecule has 0 aliphatic heterocycles. The van der Waals surface area contributed by atoms with Crippen LogP contribution >= 0.6 is 0 Å². The molecule has 1 fully saturated rings. The van der Waals surface area contributed by atoms with Crippen molar-refractivity contribution >= 4 is 11.8 Å². The molecule has 0 radical (unpaired) electrons. The third-order valence-electron chi connectivity index (χ3n) is 4.14. The number of carboxylic acid groups (broad SMARTS) is 1. The highest BCUT2D eigenvalue weighted by atomic mass is 19.1. The minimum Gasteiger partial charge on any atom is -0.481 e. The summed E-state index contributed by atoms with van der Waals surface area (Å²) < 4.78 is 40.2. The van der Waals surface area contributed by atoms with Crippen LogP contribution in [0.25, 0.3) is 0 Å². The maximum absolute atomic E-state index is 13.7. The number of carbonyl (C=O) groups excluding carboxylic acids is 1. The molecule has 1 aliphatic rings. The zero-order valence-corrected chi connectivity index (χ0v) is 11.4. The Hall–Kier alpha value is -1.85. The van der Waals surface area contributed by atoms with Gasteiger partial charge in [-0.3, -0.25) is 9.59 Å². The van der Waals surface area contributed by atoms with Crippen molar-refractivity contribution in [2.75, 3.05) is 0 Å². The number of ketones is 1. The molecule has 0 heterocycles. The molecule has 2 rings (SSSR count). The van der Waals surface area contributed by atoms with Gasteiger partial charge in [-0.15, -0.1) is 0 Å². The zero-order chi connectivity index (χ0) is 15.7. The second-order valence-electron chi connectivity index (χ2n) is 5.41. The number of rotatable bonds is 4. The van der Waals surface area contributed by atoms with E-state index in [1.54, 1.807) is 0 Å². The molecule has 3 atom stereocenters. The molecule has 0 spiro atoms. The number of Topliss-reactive ketones (excluding diaryl/α,β-unsaturated/α-hetero) is 1. The second kappa shape index (κ2) is 5.87. The number of hydrogen-bond acceptors (Lipinski definition) is 2. The Labute approximate surface area is 119 Å². The number of aliphatic carboxylic acids is 1. The van der Waals surface area contributed by atoms with E-state index in [9.17, 15) is 27.9 Å². The molecule has 1 aromatic carbocycles. The van der Waals surface area contributed by atoms with Crippen LogP contribution in [0.1, 0.15) is 36.5 Å². The molecule has 3 unspecified atom stereocenters. The largest absolute Gasteiger partial charge is 0.481 e. The topological polar surface area (TPSA) is 54.4 Å². The first-order valence-electron chi connectivity index (χ1n) is 6.76. The van der Waals surface area contributed by atoms with Crippen LogP contribution in [-0.4, -0.2) is 16.9 Å². The SMILES string of the molecule is CCC1CC(C(=O)O)C(C(=O)c2c(F)cc(F)cc2F)C1. The van der Waals surface area contributed by atoms with E-state index in [0.717, 1.165) is 0 Å². The summed E-state index contributed by atoms with van der Waals surface area (Å²) in [7, 11) is 0. The number of carboxylic acids is 1. The number of hydrogen-bond donors (Lipinski definition) is 1. The lowest BCUT2D eigenvalue weighted by molar-refractivity contribution is -0.142. The van der Waals surface area contributed by atoms with Gasteiger partial charge < -0.3 is 5.11 Å². The van der Waals surface area contributed by atoms with E-state index >= 15 is 0 Å². The van der Waals surface area contributed by atoms with Crippen molar-refractivity contribution in [2.45, 2.75) is 26.2 Å². The van der Waals surface area contributed by atoms with Crippen molar-refractivity contribution in [1.29, 1.82) is 0 Å². The van der Waals surface area contributed by atoms with Gasteiger partial charge in [-0.25, -0.2) is 13.2 Å². The van der Waals surface area contributed by atoms with Gasteiger partial charge >= 0.3 is 5.97 Å². The smallest absolute Gasteiger partial charge is 0.307 e. The minimum atomic E-state index is -1.29. The molecule has 0 amide bonds. The van der Waals surface area contributed by atoms with Crippen LogP contribution in [0.2, 0.25) is 0 Å². The second-order valence-corrected chi connectivity index (χ2v) is 5.41. The van der Waals surface area contributed by atoms with Gasteiger partial charge in [0.05, 0.1) is 11.5 Å². The fraction of sp³-hybridized carbons (Fsp3) is 0.467. The van der Waals surface area contributed by atoms with Crippen molar-refractivity contribution in [2.24, 2.45) is 17.8 Å². The lowest BCUT2D eigenvalue weighted by Crippen LogP contribution is -2.26. The first kappa shape index (κ1) is 15.5. The summed E-state index contributed by atoms with van der Waals surface area (Å²) in [6.45, 7) is 1.87. The summed E-state index contributed by atoms with van der Waals surface area (Å²) in [4.78, 5) is 23.5. The summed E-state index contributed by atoms with van der Waals surface area (Å²) in [5, 5.41) is 9.18. The molecule has 1 aliphatic carbocycles. The minimum absolute atomic E-state index is 0.0339. The van der Waals surface area contributed by atoms with Crippen LogP contribution in [0.15, 0.2) is 12.1 Å². The average molecular weight is 300 g/mol. The molecule has 1 N–H and O–H groups in total. The third kappa shape index (κ3) is 2.94. The highest BCUT2D eigenvalue weighted by Crippen LogP contribution is 2.40. The highest BCUT2D eigenvalue weighted by Gasteiger charge is 2.43. The summed E-state index contributed by atoms with van der Waals surface area (Å²) in [5.41, 5.74) is -0.843. The van der Waals surface area contributed by atoms with Crippen LogP contribution in [0.5, 0.6) is 0 Å². The van der Waals surface area contributed by atoms with Crippen LogP contribution < -0.4 is 0 Å². The molecule has 0 aromatic heterocycles. The van der Waals surface area contributed by atoms with Crippen molar-refractivity contribution in [3.63, 3.8) is 0 Å². The van der Waals surface area contributed by atoms with Crippen molar-refractivity contribution in [1.82, 2.24) is 0 Å². The first-order valence-corrected chi connectivity index (χ1v) is 6.76. The predicted octanol–water partition coefficient (Wildman–Crippen LogP) is 3.42. The van der Waals surface area contributed by atoms with Gasteiger partial charge in [0.25, 0.3) is 0 Å². The Bertz CT molecular complexity index is 563. The Balaban J connectivity index is 2.37. The van der Waals surface area contributed by atoms with Gasteiger partial charge in [0.15, 0.2) is 5.78 Å². The van der Waals surface area contributed by atoms with E-state index in [-0.39, 0.29) is 12.3 Å². The van der Waals surface area contributed by atoms with Gasteiger partial charge in [0, 0.05) is 18.1 Å². The van der Waals surface area contributed by atoms with E-state index in [0.29, 0.717) is 25.0 Å². The third-order valence-corrected chi connectivity index (χ3v) is 4.14. The van der Waals surface area contributed by atoms with Crippen LogP contribution in [0, 0.1) is 35.2 Å². The normalized spacial score (nSPS) is 25.0. The van der Waals surface area contributed by atoms with Gasteiger partial charge in [0.2, 0.25) is 0 Å². The first-order chi connectivity index (χ1) is 9.85. The zero-order valence-electron chi connectivity index (χ0n) is 11.4. The molecule has 6 heteroatoms. The highest BCUT2D eigenvalue weighted by molar-refractivity contribution is 6.00. The summed E-state index contributed by atoms with van der Waals surface area (Å²) >= 11 is 0. The maximum atomic E-state index is 13.7. The number of benzene rings is 1. The maximum Gasteiger partial charge on any atom is 0.307 e. The van der Waals surface area contributed by atoms with Crippen LogP contribution in [0.4, 0.5) is 13.2 Å². The summed E-state index contributed by atoms with van der Waals surface area (Å²) in [5.74, 6) is -7.63. The fourth-order valence-corrected chi connectivity index (χ4v) is 3.00. The van der Waals surface area contributed by atoms with E-state index in [1.807, 2.05) is 6.92 Å². The summed E-state index contributed by atoms with van der Waals surface area (Å²) in [6.07, 6.45) is 1.29. The molecule has 0 bridgehead atoms. The Morgan fingerprint density at radius 3 is 2.14 bits per heavy atom. The van der Waals surface area contributed by atoms with Gasteiger partial charge in [-0.1, -0.05) is 13.3 Å². The number of halogens is 3. The predicted molar refractivity (Wildman–Crippen MR) is 68.3 cm³/mol. The molecular formula is C15H15F3O3. The van der Waals surface area contributed by atoms with Crippen molar-refractivity contribution in [3.8, 4) is 0 Å². The fourth-order valence-electron chi connectivity index (χ4n) is 3.00. The lowest BCUT2D eigenvalue weighted by atomic mass is 9.88. The van der Waals surface area contributed by atoms with Crippen molar-refractivity contribution < 1.29 is 27.9 Å². The Kier molecular flexibility index (Phi) is 4.34. The molecule has 1 aromatic rings. The standard InChI is InChI=1S/C15H15F3O3/c1-2-7-3-9(10(4-7)15(20)21)14(19)13-11(17)5-8(16)6-12(13)18/h5-7,9-10H,2-4H2,1H3,(H,20,21). The molecule has 3 nitrogen and oxygen atoms in total. The Morgan fingerprint density at radius 2 is 1.67 bits per heavy atom. The average Bonchev–Trinajstić information content (AvgIpc) is 2.81. The summed E-state index contributed by atoms with van der Waals surface area (Å²) in [6, 6.07) is 0.858.